The van der Waals surface area contributed by atoms with Gasteiger partial charge in [-0.2, -0.15) is 5.10 Å². The van der Waals surface area contributed by atoms with E-state index in [4.69, 9.17) is 9.72 Å². The maximum Gasteiger partial charge on any atom is 0.261 e. The maximum absolute atomic E-state index is 15.9. The molecule has 10 nitrogen and oxygen atoms in total. The first-order chi connectivity index (χ1) is 20.1. The average Bonchev–Trinajstić information content (AvgIpc) is 3.48. The molecule has 1 aliphatic heterocycles. The number of nitrogens with zero attached hydrogens (tertiary/aromatic N) is 6. The van der Waals surface area contributed by atoms with Gasteiger partial charge in [0.15, 0.2) is 5.82 Å². The summed E-state index contributed by atoms with van der Waals surface area (Å²) in [5.74, 6) is -0.912. The minimum absolute atomic E-state index is 0.0354. The molecule has 11 heteroatoms. The van der Waals surface area contributed by atoms with E-state index >= 15 is 4.39 Å². The molecule has 1 aromatic carbocycles. The predicted molar refractivity (Wildman–Crippen MR) is 158 cm³/mol. The minimum atomic E-state index is -0.708. The Balaban J connectivity index is 1.36. The normalized spacial score (nSPS) is 21.6. The lowest BCUT2D eigenvalue weighted by Gasteiger charge is -2.34. The SMILES string of the molecule is Cc1cc(C(=O)Nc2nc3cc(CN4CCOCC4)ccc3n2[C@H]2CC[C@@](C)(O)CC2)c(F)c(-c2cnn(C)c2C)n1. The number of benzene rings is 1. The topological polar surface area (TPSA) is 110 Å². The van der Waals surface area contributed by atoms with E-state index in [1.807, 2.05) is 13.8 Å². The van der Waals surface area contributed by atoms with Gasteiger partial charge in [0.1, 0.15) is 5.69 Å². The van der Waals surface area contributed by atoms with Gasteiger partial charge in [-0.05, 0) is 70.2 Å². The molecule has 1 amide bonds. The van der Waals surface area contributed by atoms with E-state index in [9.17, 15) is 9.90 Å². The molecule has 1 saturated carbocycles. The van der Waals surface area contributed by atoms with Crippen LogP contribution in [-0.2, 0) is 18.3 Å². The smallest absolute Gasteiger partial charge is 0.261 e. The van der Waals surface area contributed by atoms with Gasteiger partial charge in [0, 0.05) is 49.7 Å². The fourth-order valence-corrected chi connectivity index (χ4v) is 6.10. The van der Waals surface area contributed by atoms with E-state index in [-0.39, 0.29) is 17.3 Å². The lowest BCUT2D eigenvalue weighted by Crippen LogP contribution is -2.35. The molecule has 0 bridgehead atoms. The van der Waals surface area contributed by atoms with E-state index in [0.29, 0.717) is 30.0 Å². The lowest BCUT2D eigenvalue weighted by molar-refractivity contribution is 0.0106. The van der Waals surface area contributed by atoms with E-state index in [0.717, 1.165) is 68.0 Å². The van der Waals surface area contributed by atoms with Crippen LogP contribution in [0.4, 0.5) is 10.3 Å². The number of anilines is 1. The van der Waals surface area contributed by atoms with Crippen molar-refractivity contribution in [2.75, 3.05) is 31.6 Å². The number of rotatable bonds is 6. The fraction of sp³-hybridized carbons (Fsp3) is 0.484. The van der Waals surface area contributed by atoms with Crippen LogP contribution in [-0.4, -0.2) is 72.1 Å². The number of hydrogen-bond donors (Lipinski definition) is 2. The number of morpholine rings is 1. The molecule has 0 spiro atoms. The van der Waals surface area contributed by atoms with Crippen molar-refractivity contribution in [2.24, 2.45) is 7.05 Å². The number of aryl methyl sites for hydroxylation is 2. The van der Waals surface area contributed by atoms with Crippen molar-refractivity contribution < 1.29 is 19.0 Å². The molecular formula is C31H38FN7O3. The zero-order valence-corrected chi connectivity index (χ0v) is 24.7. The Labute approximate surface area is 244 Å². The van der Waals surface area contributed by atoms with E-state index in [1.165, 1.54) is 6.07 Å². The zero-order chi connectivity index (χ0) is 29.6. The van der Waals surface area contributed by atoms with Crippen molar-refractivity contribution >= 4 is 22.9 Å². The number of aliphatic hydroxyl groups is 1. The van der Waals surface area contributed by atoms with Crippen LogP contribution < -0.4 is 5.32 Å². The minimum Gasteiger partial charge on any atom is -0.390 e. The molecule has 1 aliphatic carbocycles. The number of amides is 1. The number of ether oxygens (including phenoxy) is 1. The standard InChI is InChI=1S/C31H38FN7O3/c1-19-15-23(27(32)28(34-19)24-17-33-37(4)20(24)2)29(40)36-30-35-25-16-21(18-38-11-13-42-14-12-38)5-6-26(25)39(30)22-7-9-31(3,41)10-8-22/h5-6,15-17,22,41H,7-14,18H2,1-4H3,(H,35,36,40)/t22-,31+. The summed E-state index contributed by atoms with van der Waals surface area (Å²) in [6.45, 7) is 9.45. The number of pyridine rings is 1. The van der Waals surface area contributed by atoms with Crippen molar-refractivity contribution in [1.29, 1.82) is 0 Å². The van der Waals surface area contributed by atoms with Crippen molar-refractivity contribution in [3.63, 3.8) is 0 Å². The van der Waals surface area contributed by atoms with E-state index in [2.05, 4.69) is 43.1 Å². The van der Waals surface area contributed by atoms with Crippen LogP contribution in [0.15, 0.2) is 30.5 Å². The third kappa shape index (κ3) is 5.56. The number of carbonyl (C=O) groups excluding carboxylic acids is 1. The molecule has 222 valence electrons. The number of fused-ring (bicyclic) bond motifs is 1. The molecule has 2 fully saturated rings. The van der Waals surface area contributed by atoms with E-state index in [1.54, 1.807) is 24.9 Å². The third-order valence-corrected chi connectivity index (χ3v) is 8.71. The highest BCUT2D eigenvalue weighted by molar-refractivity contribution is 6.05. The number of imidazole rings is 1. The van der Waals surface area contributed by atoms with Crippen molar-refractivity contribution in [1.82, 2.24) is 29.2 Å². The summed E-state index contributed by atoms with van der Waals surface area (Å²) in [4.78, 5) is 25.3. The largest absolute Gasteiger partial charge is 0.390 e. The summed E-state index contributed by atoms with van der Waals surface area (Å²) < 4.78 is 25.1. The Morgan fingerprint density at radius 3 is 2.60 bits per heavy atom. The molecular weight excluding hydrogens is 537 g/mol. The van der Waals surface area contributed by atoms with Crippen LogP contribution >= 0.6 is 0 Å². The van der Waals surface area contributed by atoms with Crippen LogP contribution in [0.2, 0.25) is 0 Å². The first-order valence-corrected chi connectivity index (χ1v) is 14.6. The first-order valence-electron chi connectivity index (χ1n) is 14.6. The molecule has 0 radical (unpaired) electrons. The maximum atomic E-state index is 15.9. The van der Waals surface area contributed by atoms with Gasteiger partial charge in [0.05, 0.1) is 41.6 Å². The van der Waals surface area contributed by atoms with Gasteiger partial charge in [-0.25, -0.2) is 14.4 Å². The van der Waals surface area contributed by atoms with Gasteiger partial charge in [0.2, 0.25) is 5.95 Å². The number of aromatic nitrogens is 5. The van der Waals surface area contributed by atoms with Crippen LogP contribution in [0, 0.1) is 19.7 Å². The second-order valence-electron chi connectivity index (χ2n) is 11.9. The molecule has 2 aliphatic rings. The van der Waals surface area contributed by atoms with Crippen molar-refractivity contribution in [3.8, 4) is 11.3 Å². The van der Waals surface area contributed by atoms with Crippen molar-refractivity contribution in [3.05, 3.63) is 58.8 Å². The molecule has 0 unspecified atom stereocenters. The van der Waals surface area contributed by atoms with Gasteiger partial charge in [-0.1, -0.05) is 6.07 Å². The lowest BCUT2D eigenvalue weighted by atomic mass is 9.83. The van der Waals surface area contributed by atoms with Crippen molar-refractivity contribution in [2.45, 2.75) is 64.6 Å². The molecule has 3 aromatic heterocycles. The number of carbonyl (C=O) groups is 1. The Kier molecular flexibility index (Phi) is 7.59. The number of hydrogen-bond acceptors (Lipinski definition) is 7. The Morgan fingerprint density at radius 1 is 1.17 bits per heavy atom. The van der Waals surface area contributed by atoms with Gasteiger partial charge in [0.25, 0.3) is 5.91 Å². The summed E-state index contributed by atoms with van der Waals surface area (Å²) in [5, 5.41) is 17.7. The molecule has 4 heterocycles. The monoisotopic (exact) mass is 575 g/mol. The second kappa shape index (κ2) is 11.2. The zero-order valence-electron chi connectivity index (χ0n) is 24.7. The number of nitrogens with one attached hydrogen (secondary N) is 1. The van der Waals surface area contributed by atoms with E-state index < -0.39 is 17.3 Å². The third-order valence-electron chi connectivity index (χ3n) is 8.71. The summed E-state index contributed by atoms with van der Waals surface area (Å²) in [7, 11) is 1.78. The molecule has 4 aromatic rings. The summed E-state index contributed by atoms with van der Waals surface area (Å²) in [6, 6.07) is 7.73. The predicted octanol–water partition coefficient (Wildman–Crippen LogP) is 4.54. The molecule has 1 saturated heterocycles. The van der Waals surface area contributed by atoms with Crippen LogP contribution in [0.1, 0.15) is 66.0 Å². The Hall–Kier alpha value is -3.67. The van der Waals surface area contributed by atoms with Gasteiger partial charge < -0.3 is 14.4 Å². The first kappa shape index (κ1) is 28.4. The van der Waals surface area contributed by atoms with Crippen LogP contribution in [0.5, 0.6) is 0 Å². The highest BCUT2D eigenvalue weighted by Crippen LogP contribution is 2.39. The quantitative estimate of drug-likeness (QED) is 0.347. The highest BCUT2D eigenvalue weighted by Gasteiger charge is 2.32. The highest BCUT2D eigenvalue weighted by atomic mass is 19.1. The molecule has 42 heavy (non-hydrogen) atoms. The molecule has 6 rings (SSSR count). The van der Waals surface area contributed by atoms with Gasteiger partial charge in [-0.3, -0.25) is 19.7 Å². The number of halogens is 1. The van der Waals surface area contributed by atoms with Gasteiger partial charge >= 0.3 is 0 Å². The summed E-state index contributed by atoms with van der Waals surface area (Å²) >= 11 is 0. The van der Waals surface area contributed by atoms with Crippen LogP contribution in [0.3, 0.4) is 0 Å². The fourth-order valence-electron chi connectivity index (χ4n) is 6.10. The second-order valence-corrected chi connectivity index (χ2v) is 11.9. The molecule has 2 N–H and O–H groups in total. The molecule has 0 atom stereocenters. The van der Waals surface area contributed by atoms with Crippen LogP contribution in [0.25, 0.3) is 22.3 Å². The van der Waals surface area contributed by atoms with Gasteiger partial charge in [-0.15, -0.1) is 0 Å². The Bertz CT molecular complexity index is 1630. The Morgan fingerprint density at radius 2 is 1.90 bits per heavy atom. The average molecular weight is 576 g/mol. The summed E-state index contributed by atoms with van der Waals surface area (Å²) in [5.41, 5.74) is 3.91. The summed E-state index contributed by atoms with van der Waals surface area (Å²) in [6.07, 6.45) is 4.33.